The van der Waals surface area contributed by atoms with Crippen LogP contribution in [0, 0.1) is 0 Å². The lowest BCUT2D eigenvalue weighted by Gasteiger charge is -2.22. The fourth-order valence-corrected chi connectivity index (χ4v) is 2.48. The van der Waals surface area contributed by atoms with Crippen LogP contribution in [0.4, 0.5) is 0 Å². The fraction of sp³-hybridized carbons (Fsp3) is 0.857. The average molecular weight is 267 g/mol. The van der Waals surface area contributed by atoms with Gasteiger partial charge in [-0.15, -0.1) is 0 Å². The first kappa shape index (κ1) is 14.5. The summed E-state index contributed by atoms with van der Waals surface area (Å²) < 4.78 is 10.8. The lowest BCUT2D eigenvalue weighted by molar-refractivity contribution is 0.0683. The van der Waals surface area contributed by atoms with Crippen molar-refractivity contribution < 1.29 is 9.26 Å². The third-order valence-corrected chi connectivity index (χ3v) is 3.57. The van der Waals surface area contributed by atoms with Crippen molar-refractivity contribution in [3.05, 3.63) is 11.7 Å². The van der Waals surface area contributed by atoms with Crippen LogP contribution in [0.25, 0.3) is 0 Å². The van der Waals surface area contributed by atoms with Gasteiger partial charge in [-0.1, -0.05) is 24.4 Å². The lowest BCUT2D eigenvalue weighted by Crippen LogP contribution is -2.27. The van der Waals surface area contributed by atoms with Gasteiger partial charge in [-0.2, -0.15) is 4.98 Å². The monoisotopic (exact) mass is 267 g/mol. The molecule has 1 fully saturated rings. The van der Waals surface area contributed by atoms with Crippen LogP contribution in [0.5, 0.6) is 0 Å². The Balaban J connectivity index is 1.87. The molecule has 108 valence electrons. The average Bonchev–Trinajstić information content (AvgIpc) is 2.81. The van der Waals surface area contributed by atoms with Crippen molar-refractivity contribution in [3.63, 3.8) is 0 Å². The molecule has 0 aliphatic carbocycles. The second-order valence-electron chi connectivity index (χ2n) is 5.19. The highest BCUT2D eigenvalue weighted by atomic mass is 16.5. The maximum absolute atomic E-state index is 5.47. The Morgan fingerprint density at radius 2 is 1.89 bits per heavy atom. The highest BCUT2D eigenvalue weighted by Gasteiger charge is 2.16. The van der Waals surface area contributed by atoms with Crippen LogP contribution in [0.3, 0.4) is 0 Å². The van der Waals surface area contributed by atoms with E-state index in [0.717, 1.165) is 19.6 Å². The standard InChI is InChI=1S/C14H25N3O2/c1-3-18-12(2)14-15-13(19-16-14)11-17-9-7-5-4-6-8-10-17/h12H,3-11H2,1-2H3/t12-/m1/s1. The zero-order valence-corrected chi connectivity index (χ0v) is 12.1. The zero-order chi connectivity index (χ0) is 13.5. The summed E-state index contributed by atoms with van der Waals surface area (Å²) in [7, 11) is 0. The predicted molar refractivity (Wildman–Crippen MR) is 72.7 cm³/mol. The summed E-state index contributed by atoms with van der Waals surface area (Å²) in [6.07, 6.45) is 6.52. The topological polar surface area (TPSA) is 51.4 Å². The molecule has 5 nitrogen and oxygen atoms in total. The van der Waals surface area contributed by atoms with Gasteiger partial charge in [0.1, 0.15) is 6.10 Å². The third-order valence-electron chi connectivity index (χ3n) is 3.57. The molecule has 19 heavy (non-hydrogen) atoms. The SMILES string of the molecule is CCO[C@H](C)c1noc(CN2CCCCCCC2)n1. The Kier molecular flexibility index (Phi) is 5.79. The second kappa shape index (κ2) is 7.60. The molecule has 0 amide bonds. The maximum atomic E-state index is 5.47. The molecule has 0 aromatic carbocycles. The molecule has 1 aromatic heterocycles. The number of aromatic nitrogens is 2. The van der Waals surface area contributed by atoms with E-state index in [1.807, 2.05) is 13.8 Å². The summed E-state index contributed by atoms with van der Waals surface area (Å²) in [5.74, 6) is 1.37. The van der Waals surface area contributed by atoms with Gasteiger partial charge in [-0.3, -0.25) is 4.90 Å². The molecular weight excluding hydrogens is 242 g/mol. The van der Waals surface area contributed by atoms with Crippen LogP contribution in [0.15, 0.2) is 4.52 Å². The van der Waals surface area contributed by atoms with E-state index in [-0.39, 0.29) is 6.10 Å². The Bertz CT molecular complexity index is 359. The molecule has 0 bridgehead atoms. The molecule has 1 aliphatic heterocycles. The minimum absolute atomic E-state index is 0.0881. The summed E-state index contributed by atoms with van der Waals surface area (Å²) in [6, 6.07) is 0. The molecule has 2 rings (SSSR count). The van der Waals surface area contributed by atoms with Gasteiger partial charge >= 0.3 is 0 Å². The Hall–Kier alpha value is -0.940. The second-order valence-corrected chi connectivity index (χ2v) is 5.19. The molecule has 0 N–H and O–H groups in total. The molecule has 1 atom stereocenters. The summed E-state index contributed by atoms with van der Waals surface area (Å²) >= 11 is 0. The normalized spacial score (nSPS) is 19.9. The molecule has 0 radical (unpaired) electrons. The van der Waals surface area contributed by atoms with Gasteiger partial charge in [0.2, 0.25) is 5.89 Å². The zero-order valence-electron chi connectivity index (χ0n) is 12.1. The fourth-order valence-electron chi connectivity index (χ4n) is 2.48. The van der Waals surface area contributed by atoms with Crippen molar-refractivity contribution in [2.75, 3.05) is 19.7 Å². The number of ether oxygens (including phenoxy) is 1. The first-order valence-corrected chi connectivity index (χ1v) is 7.46. The van der Waals surface area contributed by atoms with E-state index in [0.29, 0.717) is 18.3 Å². The number of rotatable bonds is 5. The lowest BCUT2D eigenvalue weighted by atomic mass is 10.1. The smallest absolute Gasteiger partial charge is 0.240 e. The van der Waals surface area contributed by atoms with E-state index >= 15 is 0 Å². The molecule has 0 spiro atoms. The van der Waals surface area contributed by atoms with E-state index in [1.165, 1.54) is 32.1 Å². The van der Waals surface area contributed by atoms with E-state index in [4.69, 9.17) is 9.26 Å². The maximum Gasteiger partial charge on any atom is 0.240 e. The van der Waals surface area contributed by atoms with Crippen molar-refractivity contribution >= 4 is 0 Å². The number of likely N-dealkylation sites (tertiary alicyclic amines) is 1. The van der Waals surface area contributed by atoms with Crippen LogP contribution in [-0.2, 0) is 11.3 Å². The highest BCUT2D eigenvalue weighted by Crippen LogP contribution is 2.15. The van der Waals surface area contributed by atoms with Crippen LogP contribution < -0.4 is 0 Å². The molecular formula is C14H25N3O2. The molecule has 1 saturated heterocycles. The molecule has 1 aliphatic rings. The molecule has 0 unspecified atom stereocenters. The van der Waals surface area contributed by atoms with E-state index in [1.54, 1.807) is 0 Å². The van der Waals surface area contributed by atoms with Gasteiger partial charge < -0.3 is 9.26 Å². The predicted octanol–water partition coefficient (Wildman–Crippen LogP) is 2.93. The third kappa shape index (κ3) is 4.58. The first-order valence-electron chi connectivity index (χ1n) is 7.46. The Morgan fingerprint density at radius 1 is 1.21 bits per heavy atom. The van der Waals surface area contributed by atoms with E-state index in [2.05, 4.69) is 15.0 Å². The van der Waals surface area contributed by atoms with Gasteiger partial charge in [0.05, 0.1) is 6.54 Å². The molecule has 1 aromatic rings. The van der Waals surface area contributed by atoms with E-state index in [9.17, 15) is 0 Å². The number of hydrogen-bond donors (Lipinski definition) is 0. The largest absolute Gasteiger partial charge is 0.371 e. The van der Waals surface area contributed by atoms with E-state index < -0.39 is 0 Å². The summed E-state index contributed by atoms with van der Waals surface area (Å²) in [5, 5.41) is 4.00. The molecule has 5 heteroatoms. The Morgan fingerprint density at radius 3 is 2.58 bits per heavy atom. The summed E-state index contributed by atoms with van der Waals surface area (Å²) in [4.78, 5) is 6.85. The van der Waals surface area contributed by atoms with Crippen molar-refractivity contribution in [1.29, 1.82) is 0 Å². The van der Waals surface area contributed by atoms with Crippen LogP contribution >= 0.6 is 0 Å². The number of hydrogen-bond acceptors (Lipinski definition) is 5. The van der Waals surface area contributed by atoms with Gasteiger partial charge in [0.25, 0.3) is 0 Å². The van der Waals surface area contributed by atoms with Crippen molar-refractivity contribution in [2.24, 2.45) is 0 Å². The minimum Gasteiger partial charge on any atom is -0.371 e. The summed E-state index contributed by atoms with van der Waals surface area (Å²) in [5.41, 5.74) is 0. The quantitative estimate of drug-likeness (QED) is 0.821. The van der Waals surface area contributed by atoms with Gasteiger partial charge in [0, 0.05) is 6.61 Å². The van der Waals surface area contributed by atoms with Crippen LogP contribution in [0.2, 0.25) is 0 Å². The Labute approximate surface area is 115 Å². The van der Waals surface area contributed by atoms with Crippen LogP contribution in [-0.4, -0.2) is 34.7 Å². The van der Waals surface area contributed by atoms with Crippen molar-refractivity contribution in [3.8, 4) is 0 Å². The molecule has 0 saturated carbocycles. The van der Waals surface area contributed by atoms with Gasteiger partial charge in [-0.25, -0.2) is 0 Å². The van der Waals surface area contributed by atoms with Crippen molar-refractivity contribution in [1.82, 2.24) is 15.0 Å². The highest BCUT2D eigenvalue weighted by molar-refractivity contribution is 4.90. The number of nitrogens with zero attached hydrogens (tertiary/aromatic N) is 3. The van der Waals surface area contributed by atoms with Gasteiger partial charge in [0.15, 0.2) is 5.82 Å². The van der Waals surface area contributed by atoms with Crippen LogP contribution in [0.1, 0.15) is 63.8 Å². The summed E-state index contributed by atoms with van der Waals surface area (Å²) in [6.45, 7) is 7.63. The minimum atomic E-state index is -0.0881. The first-order chi connectivity index (χ1) is 9.29. The molecule has 2 heterocycles. The van der Waals surface area contributed by atoms with Crippen molar-refractivity contribution in [2.45, 2.75) is 58.6 Å². The van der Waals surface area contributed by atoms with Gasteiger partial charge in [-0.05, 0) is 39.8 Å².